The zero-order valence-electron chi connectivity index (χ0n) is 18.5. The Kier molecular flexibility index (Phi) is 6.74. The highest BCUT2D eigenvalue weighted by Crippen LogP contribution is 2.41. The van der Waals surface area contributed by atoms with Crippen LogP contribution in [0.25, 0.3) is 0 Å². The molecule has 4 rings (SSSR count). The van der Waals surface area contributed by atoms with Gasteiger partial charge in [-0.05, 0) is 67.3 Å². The number of hydrogen-bond acceptors (Lipinski definition) is 7. The molecule has 7 heteroatoms. The first-order chi connectivity index (χ1) is 15.3. The molecule has 32 heavy (non-hydrogen) atoms. The normalized spacial score (nSPS) is 28.2. The van der Waals surface area contributed by atoms with Crippen LogP contribution in [0.15, 0.2) is 36.4 Å². The predicted molar refractivity (Wildman–Crippen MR) is 121 cm³/mol. The Morgan fingerprint density at radius 1 is 1.00 bits per heavy atom. The van der Waals surface area contributed by atoms with Gasteiger partial charge in [-0.15, -0.1) is 0 Å². The van der Waals surface area contributed by atoms with Crippen LogP contribution in [-0.4, -0.2) is 57.6 Å². The Morgan fingerprint density at radius 3 is 2.28 bits per heavy atom. The third-order valence-corrected chi connectivity index (χ3v) is 6.26. The number of rotatable bonds is 7. The van der Waals surface area contributed by atoms with Crippen molar-refractivity contribution in [3.8, 4) is 5.75 Å². The maximum absolute atomic E-state index is 10.6. The Balaban J connectivity index is 1.67. The number of nitrogens with two attached hydrogens (primary N) is 1. The van der Waals surface area contributed by atoms with Crippen molar-refractivity contribution in [2.75, 3.05) is 12.3 Å². The van der Waals surface area contributed by atoms with Crippen molar-refractivity contribution in [3.05, 3.63) is 58.7 Å². The van der Waals surface area contributed by atoms with E-state index < -0.39 is 37.1 Å². The van der Waals surface area contributed by atoms with Crippen LogP contribution in [0.1, 0.15) is 61.0 Å². The van der Waals surface area contributed by atoms with Gasteiger partial charge in [0.05, 0.1) is 18.4 Å². The lowest BCUT2D eigenvalue weighted by atomic mass is 9.89. The molecule has 7 nitrogen and oxygen atoms in total. The number of ether oxygens (including phenoxy) is 2. The number of anilines is 1. The molecule has 1 aliphatic heterocycles. The smallest absolute Gasteiger partial charge is 0.143 e. The fraction of sp³-hybridized carbons (Fsp3) is 0.520. The minimum absolute atomic E-state index is 0.118. The summed E-state index contributed by atoms with van der Waals surface area (Å²) in [5.41, 5.74) is 10.8. The van der Waals surface area contributed by atoms with E-state index in [0.717, 1.165) is 11.1 Å². The summed E-state index contributed by atoms with van der Waals surface area (Å²) < 4.78 is 11.7. The predicted octanol–water partition coefficient (Wildman–Crippen LogP) is 2.04. The van der Waals surface area contributed by atoms with Gasteiger partial charge in [-0.2, -0.15) is 0 Å². The first kappa shape index (κ1) is 23.0. The second kappa shape index (κ2) is 9.37. The van der Waals surface area contributed by atoms with Crippen molar-refractivity contribution < 1.29 is 29.9 Å². The number of nitrogen functional groups attached to an aromatic ring is 1. The van der Waals surface area contributed by atoms with Crippen LogP contribution >= 0.6 is 0 Å². The van der Waals surface area contributed by atoms with Crippen molar-refractivity contribution in [2.45, 2.75) is 75.7 Å². The van der Waals surface area contributed by atoms with Gasteiger partial charge in [0, 0.05) is 0 Å². The summed E-state index contributed by atoms with van der Waals surface area (Å²) in [6.45, 7) is 3.32. The van der Waals surface area contributed by atoms with Crippen LogP contribution in [-0.2, 0) is 11.2 Å². The van der Waals surface area contributed by atoms with Crippen molar-refractivity contribution in [2.24, 2.45) is 0 Å². The van der Waals surface area contributed by atoms with Gasteiger partial charge in [0.15, 0.2) is 0 Å². The molecule has 2 aromatic carbocycles. The van der Waals surface area contributed by atoms with Crippen LogP contribution in [0.5, 0.6) is 5.75 Å². The Hall–Kier alpha value is -2.16. The van der Waals surface area contributed by atoms with Crippen molar-refractivity contribution in [1.29, 1.82) is 0 Å². The first-order valence-corrected chi connectivity index (χ1v) is 11.3. The van der Waals surface area contributed by atoms with Gasteiger partial charge in [0.2, 0.25) is 0 Å². The average molecular weight is 444 g/mol. The highest BCUT2D eigenvalue weighted by Gasteiger charge is 2.44. The quantitative estimate of drug-likeness (QED) is 0.415. The summed E-state index contributed by atoms with van der Waals surface area (Å²) in [7, 11) is 0. The molecule has 0 aromatic heterocycles. The lowest BCUT2D eigenvalue weighted by molar-refractivity contribution is -0.231. The van der Waals surface area contributed by atoms with Crippen LogP contribution in [0.2, 0.25) is 0 Å². The average Bonchev–Trinajstić information content (AvgIpc) is 3.61. The van der Waals surface area contributed by atoms with Gasteiger partial charge in [-0.3, -0.25) is 0 Å². The molecule has 0 spiro atoms. The summed E-state index contributed by atoms with van der Waals surface area (Å²) in [6.07, 6.45) is -3.20. The first-order valence-electron chi connectivity index (χ1n) is 11.3. The third-order valence-electron chi connectivity index (χ3n) is 6.26. The topological polar surface area (TPSA) is 125 Å². The Bertz CT molecular complexity index is 925. The van der Waals surface area contributed by atoms with Crippen LogP contribution in [0, 0.1) is 0 Å². The van der Waals surface area contributed by atoms with Gasteiger partial charge in [0.25, 0.3) is 0 Å². The molecular formula is C25H33NO6. The van der Waals surface area contributed by atoms with E-state index in [1.54, 1.807) is 6.07 Å². The molecule has 2 fully saturated rings. The molecular weight excluding hydrogens is 410 g/mol. The van der Waals surface area contributed by atoms with Gasteiger partial charge in [-0.1, -0.05) is 30.3 Å². The second-order valence-electron chi connectivity index (χ2n) is 9.20. The standard InChI is InChI=1S/C25H33NO6/c1-13(2)31-19-11-18(25-24(30)23(29)22(28)20(12-27)32-25)10-17(21(19)26)9-14-3-5-15(6-4-14)16-7-8-16/h3-6,10-11,13,16,20,22-25,27-30H,7-9,12,26H2,1-2H3/t20-,22-,23+,24-,25+/m1/s1. The fourth-order valence-corrected chi connectivity index (χ4v) is 4.29. The minimum Gasteiger partial charge on any atom is -0.489 e. The molecule has 1 aliphatic carbocycles. The van der Waals surface area contributed by atoms with Gasteiger partial charge < -0.3 is 35.6 Å². The Labute approximate surface area is 188 Å². The maximum Gasteiger partial charge on any atom is 0.143 e. The lowest BCUT2D eigenvalue weighted by Crippen LogP contribution is -2.55. The summed E-state index contributed by atoms with van der Waals surface area (Å²) in [4.78, 5) is 0. The zero-order chi connectivity index (χ0) is 23.0. The monoisotopic (exact) mass is 443 g/mol. The molecule has 1 heterocycles. The molecule has 1 saturated carbocycles. The SMILES string of the molecule is CC(C)Oc1cc([C@@H]2O[C@H](CO)[C@@H](O)[C@H](O)[C@H]2O)cc(Cc2ccc(C3CC3)cc2)c1N. The molecule has 6 N–H and O–H groups in total. The van der Waals surface area contributed by atoms with Crippen LogP contribution < -0.4 is 10.5 Å². The molecule has 0 unspecified atom stereocenters. The number of aliphatic hydroxyl groups excluding tert-OH is 4. The summed E-state index contributed by atoms with van der Waals surface area (Å²) >= 11 is 0. The summed E-state index contributed by atoms with van der Waals surface area (Å²) in [5.74, 6) is 1.16. The molecule has 1 saturated heterocycles. The van der Waals surface area contributed by atoms with E-state index >= 15 is 0 Å². The number of benzene rings is 2. The lowest BCUT2D eigenvalue weighted by Gasteiger charge is -2.40. The molecule has 2 aromatic rings. The highest BCUT2D eigenvalue weighted by molar-refractivity contribution is 5.62. The van der Waals surface area contributed by atoms with Crippen molar-refractivity contribution >= 4 is 5.69 Å². The largest absolute Gasteiger partial charge is 0.489 e. The van der Waals surface area contributed by atoms with Crippen molar-refractivity contribution in [1.82, 2.24) is 0 Å². The number of aliphatic hydroxyl groups is 4. The summed E-state index contributed by atoms with van der Waals surface area (Å²) in [6, 6.07) is 12.1. The molecule has 0 amide bonds. The van der Waals surface area contributed by atoms with Crippen molar-refractivity contribution in [3.63, 3.8) is 0 Å². The molecule has 174 valence electrons. The van der Waals surface area contributed by atoms with E-state index in [1.807, 2.05) is 19.9 Å². The molecule has 5 atom stereocenters. The maximum atomic E-state index is 10.6. The summed E-state index contributed by atoms with van der Waals surface area (Å²) in [5, 5.41) is 40.5. The highest BCUT2D eigenvalue weighted by atomic mass is 16.5. The molecule has 0 radical (unpaired) electrons. The second-order valence-corrected chi connectivity index (χ2v) is 9.20. The van der Waals surface area contributed by atoms with E-state index in [4.69, 9.17) is 15.2 Å². The van der Waals surface area contributed by atoms with E-state index in [9.17, 15) is 20.4 Å². The molecule has 2 aliphatic rings. The van der Waals surface area contributed by atoms with Gasteiger partial charge >= 0.3 is 0 Å². The zero-order valence-corrected chi connectivity index (χ0v) is 18.5. The van der Waals surface area contributed by atoms with E-state index in [-0.39, 0.29) is 6.10 Å². The van der Waals surface area contributed by atoms with E-state index in [0.29, 0.717) is 29.3 Å². The third kappa shape index (κ3) is 4.77. The van der Waals surface area contributed by atoms with Gasteiger partial charge in [0.1, 0.15) is 36.3 Å². The number of hydrogen-bond donors (Lipinski definition) is 5. The minimum atomic E-state index is -1.45. The Morgan fingerprint density at radius 2 is 1.69 bits per heavy atom. The fourth-order valence-electron chi connectivity index (χ4n) is 4.29. The van der Waals surface area contributed by atoms with Crippen LogP contribution in [0.3, 0.4) is 0 Å². The van der Waals surface area contributed by atoms with E-state index in [2.05, 4.69) is 24.3 Å². The van der Waals surface area contributed by atoms with Gasteiger partial charge in [-0.25, -0.2) is 0 Å². The van der Waals surface area contributed by atoms with Crippen LogP contribution in [0.4, 0.5) is 5.69 Å². The van der Waals surface area contributed by atoms with E-state index in [1.165, 1.54) is 18.4 Å². The molecule has 0 bridgehead atoms.